The number of allylic oxidation sites excluding steroid dienone is 1. The van der Waals surface area contributed by atoms with Crippen molar-refractivity contribution in [3.05, 3.63) is 125 Å². The number of fused-ring (bicyclic) bond motifs is 1. The van der Waals surface area contributed by atoms with Gasteiger partial charge in [-0.25, -0.2) is 0 Å². The normalized spacial score (nSPS) is 19.8. The molecule has 3 aromatic carbocycles. The van der Waals surface area contributed by atoms with Crippen molar-refractivity contribution in [1.82, 2.24) is 0 Å². The highest BCUT2D eigenvalue weighted by Crippen LogP contribution is 2.48. The molecule has 5 N–H and O–H groups in total. The van der Waals surface area contributed by atoms with Crippen LogP contribution in [0.5, 0.6) is 0 Å². The molecule has 1 aliphatic heterocycles. The maximum Gasteiger partial charge on any atom is 0.488 e. The summed E-state index contributed by atoms with van der Waals surface area (Å²) in [4.78, 5) is 29.7. The third-order valence-electron chi connectivity index (χ3n) is 11.4. The summed E-state index contributed by atoms with van der Waals surface area (Å²) in [5, 5.41) is 54.3. The van der Waals surface area contributed by atoms with Crippen LogP contribution < -0.4 is 20.7 Å². The lowest BCUT2D eigenvalue weighted by molar-refractivity contribution is -0.123. The summed E-state index contributed by atoms with van der Waals surface area (Å²) in [6.07, 6.45) is 2.42. The van der Waals surface area contributed by atoms with E-state index in [1.807, 2.05) is 49.4 Å². The standard InChI is InChI=1S/C44H52BNO9Si/c1-5-29(23-33-20-21-34(26-47)55-33)19-22-39(49)40-30(28-54-56(44(2,3)4,35-15-8-6-9-16-35)36-17-10-7-11-18-36)24-37-41(38(40)27-48)43(51)46(42(37)50)32-14-12-13-31(25-32)45(52)53/h6-18,20-21,23,25,37-39,41,47-49,52-53H,5,19,22,24,26-28H2,1-4H3/b29-23+/t37-,38+,39-,41-/m1/s1. The van der Waals surface area contributed by atoms with Crippen molar-refractivity contribution in [3.8, 4) is 0 Å². The van der Waals surface area contributed by atoms with E-state index in [9.17, 15) is 35.0 Å². The van der Waals surface area contributed by atoms with Gasteiger partial charge >= 0.3 is 7.12 Å². The first-order chi connectivity index (χ1) is 26.8. The molecule has 2 aliphatic rings. The first-order valence-electron chi connectivity index (χ1n) is 19.3. The van der Waals surface area contributed by atoms with E-state index in [0.29, 0.717) is 35.5 Å². The molecule has 0 saturated carbocycles. The first kappa shape index (κ1) is 41.2. The number of amides is 2. The van der Waals surface area contributed by atoms with Crippen molar-refractivity contribution in [1.29, 1.82) is 0 Å². The van der Waals surface area contributed by atoms with Crippen molar-refractivity contribution in [2.24, 2.45) is 17.8 Å². The Morgan fingerprint density at radius 3 is 2.16 bits per heavy atom. The molecule has 12 heteroatoms. The minimum Gasteiger partial charge on any atom is -0.459 e. The van der Waals surface area contributed by atoms with E-state index in [1.54, 1.807) is 24.3 Å². The van der Waals surface area contributed by atoms with Crippen LogP contribution in [0, 0.1) is 17.8 Å². The third-order valence-corrected chi connectivity index (χ3v) is 16.4. The van der Waals surface area contributed by atoms with Gasteiger partial charge < -0.3 is 34.2 Å². The number of furan rings is 1. The summed E-state index contributed by atoms with van der Waals surface area (Å²) in [5.41, 5.74) is 2.56. The lowest BCUT2D eigenvalue weighted by Gasteiger charge is -2.44. The molecule has 1 aromatic heterocycles. The Hall–Kier alpha value is -4.40. The molecular formula is C44H52BNO9Si. The molecule has 294 valence electrons. The molecule has 1 saturated heterocycles. The number of benzene rings is 3. The molecule has 0 spiro atoms. The largest absolute Gasteiger partial charge is 0.488 e. The zero-order valence-electron chi connectivity index (χ0n) is 32.5. The highest BCUT2D eigenvalue weighted by molar-refractivity contribution is 6.99. The van der Waals surface area contributed by atoms with Gasteiger partial charge in [-0.05, 0) is 88.0 Å². The number of carbonyl (C=O) groups excluding carboxylic acids is 2. The second kappa shape index (κ2) is 17.4. The minimum atomic E-state index is -3.09. The van der Waals surface area contributed by atoms with Crippen molar-refractivity contribution < 1.29 is 43.8 Å². The molecule has 2 heterocycles. The Morgan fingerprint density at radius 1 is 0.946 bits per heavy atom. The lowest BCUT2D eigenvalue weighted by Crippen LogP contribution is -2.66. The van der Waals surface area contributed by atoms with Gasteiger partial charge in [0.25, 0.3) is 8.32 Å². The van der Waals surface area contributed by atoms with Gasteiger partial charge in [0, 0.05) is 5.92 Å². The van der Waals surface area contributed by atoms with Crippen LogP contribution >= 0.6 is 0 Å². The van der Waals surface area contributed by atoms with E-state index >= 15 is 0 Å². The third kappa shape index (κ3) is 8.06. The number of nitrogens with zero attached hydrogens (tertiary/aromatic N) is 1. The van der Waals surface area contributed by atoms with Crippen LogP contribution in [-0.4, -0.2) is 71.9 Å². The molecule has 56 heavy (non-hydrogen) atoms. The number of hydrogen-bond donors (Lipinski definition) is 5. The van der Waals surface area contributed by atoms with E-state index in [-0.39, 0.29) is 42.2 Å². The number of hydrogen-bond acceptors (Lipinski definition) is 9. The summed E-state index contributed by atoms with van der Waals surface area (Å²) in [6, 6.07) is 29.9. The molecule has 0 radical (unpaired) electrons. The van der Waals surface area contributed by atoms with Gasteiger partial charge in [-0.1, -0.05) is 106 Å². The molecular weight excluding hydrogens is 725 g/mol. The fourth-order valence-corrected chi connectivity index (χ4v) is 13.3. The number of aliphatic hydroxyl groups is 3. The highest BCUT2D eigenvalue weighted by Gasteiger charge is 2.56. The van der Waals surface area contributed by atoms with Crippen LogP contribution in [0.4, 0.5) is 5.69 Å². The van der Waals surface area contributed by atoms with Gasteiger partial charge in [-0.15, -0.1) is 0 Å². The summed E-state index contributed by atoms with van der Waals surface area (Å²) >= 11 is 0. The summed E-state index contributed by atoms with van der Waals surface area (Å²) in [6.45, 7) is 7.91. The van der Waals surface area contributed by atoms with Crippen molar-refractivity contribution >= 4 is 54.8 Å². The van der Waals surface area contributed by atoms with Crippen LogP contribution in [0.3, 0.4) is 0 Å². The van der Waals surface area contributed by atoms with Gasteiger partial charge in [-0.2, -0.15) is 0 Å². The van der Waals surface area contributed by atoms with Crippen LogP contribution in [0.2, 0.25) is 5.04 Å². The Balaban J connectivity index is 1.42. The van der Waals surface area contributed by atoms with Gasteiger partial charge in [0.05, 0.1) is 36.8 Å². The molecule has 1 aliphatic carbocycles. The minimum absolute atomic E-state index is 0.0693. The fourth-order valence-electron chi connectivity index (χ4n) is 8.71. The Morgan fingerprint density at radius 2 is 1.61 bits per heavy atom. The summed E-state index contributed by atoms with van der Waals surface area (Å²) < 4.78 is 13.1. The second-order valence-electron chi connectivity index (χ2n) is 15.8. The first-order valence-corrected chi connectivity index (χ1v) is 21.2. The average molecular weight is 778 g/mol. The van der Waals surface area contributed by atoms with E-state index in [4.69, 9.17) is 8.84 Å². The van der Waals surface area contributed by atoms with Crippen LogP contribution in [-0.2, 0) is 20.6 Å². The number of rotatable bonds is 15. The summed E-state index contributed by atoms with van der Waals surface area (Å²) in [5.74, 6) is -2.56. The SMILES string of the molecule is CC/C(=C\c1ccc(CO)o1)CC[C@@H](O)C1=C(CO[Si](c2ccccc2)(c2ccccc2)C(C)(C)C)C[C@H]2C(=O)N(c3cccc(B(O)O)c3)C(=O)[C@H]2[C@H]1CO. The van der Waals surface area contributed by atoms with Gasteiger partial charge in [0.15, 0.2) is 0 Å². The van der Waals surface area contributed by atoms with Crippen molar-refractivity contribution in [2.45, 2.75) is 71.1 Å². The molecule has 0 unspecified atom stereocenters. The van der Waals surface area contributed by atoms with Gasteiger partial charge in [-0.3, -0.25) is 14.5 Å². The Kier molecular flexibility index (Phi) is 12.8. The summed E-state index contributed by atoms with van der Waals surface area (Å²) in [7, 11) is -4.89. The van der Waals surface area contributed by atoms with Crippen LogP contribution in [0.15, 0.2) is 118 Å². The molecule has 1 fully saturated rings. The topological polar surface area (TPSA) is 161 Å². The smallest absolute Gasteiger partial charge is 0.459 e. The zero-order valence-corrected chi connectivity index (χ0v) is 33.5. The van der Waals surface area contributed by atoms with Gasteiger partial charge in [0.2, 0.25) is 11.8 Å². The fraction of sp³-hybridized carbons (Fsp3) is 0.364. The molecule has 10 nitrogen and oxygen atoms in total. The molecule has 6 rings (SSSR count). The lowest BCUT2D eigenvalue weighted by atomic mass is 9.68. The maximum atomic E-state index is 14.3. The highest BCUT2D eigenvalue weighted by atomic mass is 28.4. The molecule has 4 atom stereocenters. The molecule has 0 bridgehead atoms. The second-order valence-corrected chi connectivity index (χ2v) is 20.1. The number of anilines is 1. The van der Waals surface area contributed by atoms with E-state index in [2.05, 4.69) is 45.0 Å². The predicted molar refractivity (Wildman–Crippen MR) is 220 cm³/mol. The van der Waals surface area contributed by atoms with E-state index < -0.39 is 57.7 Å². The number of aliphatic hydroxyl groups excluding tert-OH is 3. The van der Waals surface area contributed by atoms with E-state index in [0.717, 1.165) is 20.8 Å². The van der Waals surface area contributed by atoms with Gasteiger partial charge in [0.1, 0.15) is 18.1 Å². The Bertz CT molecular complexity index is 2020. The van der Waals surface area contributed by atoms with Crippen LogP contribution in [0.25, 0.3) is 6.08 Å². The number of carbonyl (C=O) groups is 2. The van der Waals surface area contributed by atoms with E-state index in [1.165, 1.54) is 12.1 Å². The quantitative estimate of drug-likeness (QED) is 0.0681. The zero-order chi connectivity index (χ0) is 40.2. The number of imide groups is 1. The Labute approximate surface area is 330 Å². The van der Waals surface area contributed by atoms with Crippen molar-refractivity contribution in [3.63, 3.8) is 0 Å². The predicted octanol–water partition coefficient (Wildman–Crippen LogP) is 4.08. The van der Waals surface area contributed by atoms with Crippen LogP contribution in [0.1, 0.15) is 64.9 Å². The maximum absolute atomic E-state index is 14.3. The molecule has 2 amide bonds. The monoisotopic (exact) mass is 777 g/mol. The average Bonchev–Trinajstić information content (AvgIpc) is 3.76. The molecule has 4 aromatic rings. The van der Waals surface area contributed by atoms with Crippen molar-refractivity contribution in [2.75, 3.05) is 18.1 Å².